The quantitative estimate of drug-likeness (QED) is 0.759. The van der Waals surface area contributed by atoms with Crippen molar-refractivity contribution in [2.75, 3.05) is 0 Å². The summed E-state index contributed by atoms with van der Waals surface area (Å²) in [7, 11) is 0. The number of benzene rings is 1. The lowest BCUT2D eigenvalue weighted by atomic mass is 9.89. The van der Waals surface area contributed by atoms with Gasteiger partial charge in [-0.25, -0.2) is 0 Å². The van der Waals surface area contributed by atoms with E-state index in [4.69, 9.17) is 0 Å². The van der Waals surface area contributed by atoms with E-state index in [1.165, 1.54) is 13.3 Å². The number of aromatic nitrogens is 2. The molecule has 0 bridgehead atoms. The molecule has 1 saturated carbocycles. The Hall–Kier alpha value is -2.89. The van der Waals surface area contributed by atoms with E-state index in [9.17, 15) is 14.4 Å². The second-order valence-corrected chi connectivity index (χ2v) is 6.68. The van der Waals surface area contributed by atoms with Gasteiger partial charge in [0.15, 0.2) is 0 Å². The van der Waals surface area contributed by atoms with Gasteiger partial charge in [0.1, 0.15) is 10.7 Å². The second-order valence-electron chi connectivity index (χ2n) is 6.68. The second kappa shape index (κ2) is 7.99. The van der Waals surface area contributed by atoms with Crippen LogP contribution < -0.4 is 27.1 Å². The van der Waals surface area contributed by atoms with Crippen LogP contribution in [0.3, 0.4) is 0 Å². The maximum absolute atomic E-state index is 12.6. The van der Waals surface area contributed by atoms with Gasteiger partial charge < -0.3 is 15.3 Å². The fraction of sp³-hybridized carbons (Fsp3) is 0.350. The Morgan fingerprint density at radius 3 is 2.38 bits per heavy atom. The Bertz CT molecular complexity index is 1010. The third-order valence-electron chi connectivity index (χ3n) is 4.62. The summed E-state index contributed by atoms with van der Waals surface area (Å²) in [5.41, 5.74) is 0.150. The first-order valence-corrected chi connectivity index (χ1v) is 8.96. The maximum Gasteiger partial charge on any atom is 0.274 e. The minimum absolute atomic E-state index is 0.0530. The van der Waals surface area contributed by atoms with Crippen LogP contribution in [0.25, 0.3) is 11.8 Å². The zero-order valence-corrected chi connectivity index (χ0v) is 14.8. The smallest absolute Gasteiger partial charge is 0.274 e. The molecule has 1 fully saturated rings. The van der Waals surface area contributed by atoms with Crippen molar-refractivity contribution in [1.29, 1.82) is 0 Å². The number of carbonyl (C=O) groups excluding carboxylic acids is 1. The minimum Gasteiger partial charge on any atom is -0.324 e. The van der Waals surface area contributed by atoms with Crippen LogP contribution in [0, 0.1) is 5.92 Å². The third-order valence-corrected chi connectivity index (χ3v) is 4.62. The number of carbonyl (C=O) groups is 1. The van der Waals surface area contributed by atoms with E-state index in [2.05, 4.69) is 15.3 Å². The van der Waals surface area contributed by atoms with Crippen molar-refractivity contribution in [3.8, 4) is 0 Å². The Labute approximate surface area is 150 Å². The zero-order chi connectivity index (χ0) is 18.5. The normalized spacial score (nSPS) is 17.0. The Balaban J connectivity index is 2.17. The van der Waals surface area contributed by atoms with Crippen molar-refractivity contribution >= 4 is 17.7 Å². The van der Waals surface area contributed by atoms with Gasteiger partial charge in [-0.2, -0.15) is 0 Å². The van der Waals surface area contributed by atoms with Crippen LogP contribution in [0.4, 0.5) is 0 Å². The molecule has 0 aliphatic heterocycles. The highest BCUT2D eigenvalue weighted by molar-refractivity contribution is 5.84. The molecule has 6 heteroatoms. The van der Waals surface area contributed by atoms with Gasteiger partial charge in [-0.1, -0.05) is 55.7 Å². The van der Waals surface area contributed by atoms with Crippen molar-refractivity contribution in [3.63, 3.8) is 0 Å². The molecule has 6 nitrogen and oxygen atoms in total. The van der Waals surface area contributed by atoms with Gasteiger partial charge in [0.25, 0.3) is 11.1 Å². The zero-order valence-electron chi connectivity index (χ0n) is 14.8. The predicted molar refractivity (Wildman–Crippen MR) is 101 cm³/mol. The molecule has 0 unspecified atom stereocenters. The van der Waals surface area contributed by atoms with E-state index in [1.54, 1.807) is 24.3 Å². The molecule has 0 atom stereocenters. The minimum atomic E-state index is -0.431. The van der Waals surface area contributed by atoms with E-state index in [-0.39, 0.29) is 16.8 Å². The largest absolute Gasteiger partial charge is 0.324 e. The van der Waals surface area contributed by atoms with Gasteiger partial charge in [-0.3, -0.25) is 14.4 Å². The van der Waals surface area contributed by atoms with Crippen LogP contribution in [0.15, 0.2) is 39.9 Å². The van der Waals surface area contributed by atoms with Gasteiger partial charge in [-0.15, -0.1) is 0 Å². The van der Waals surface area contributed by atoms with Gasteiger partial charge in [0.05, 0.1) is 5.70 Å². The van der Waals surface area contributed by atoms with E-state index < -0.39 is 5.56 Å². The molecule has 3 rings (SSSR count). The molecule has 1 aliphatic carbocycles. The number of rotatable bonds is 3. The summed E-state index contributed by atoms with van der Waals surface area (Å²) < 4.78 is 0. The summed E-state index contributed by atoms with van der Waals surface area (Å²) in [6, 6.07) is 8.98. The fourth-order valence-electron chi connectivity index (χ4n) is 3.37. The lowest BCUT2D eigenvalue weighted by Crippen LogP contribution is -2.49. The molecule has 3 N–H and O–H groups in total. The summed E-state index contributed by atoms with van der Waals surface area (Å²) in [4.78, 5) is 42.0. The molecule has 2 aromatic rings. The topological polar surface area (TPSA) is 94.8 Å². The molecule has 26 heavy (non-hydrogen) atoms. The monoisotopic (exact) mass is 353 g/mol. The maximum atomic E-state index is 12.6. The Morgan fingerprint density at radius 1 is 1.04 bits per heavy atom. The van der Waals surface area contributed by atoms with Crippen LogP contribution in [-0.4, -0.2) is 15.9 Å². The van der Waals surface area contributed by atoms with Crippen LogP contribution in [-0.2, 0) is 4.79 Å². The summed E-state index contributed by atoms with van der Waals surface area (Å²) in [6.07, 6.45) is 7.46. The fourth-order valence-corrected chi connectivity index (χ4v) is 3.37. The average Bonchev–Trinajstić information content (AvgIpc) is 2.64. The molecule has 1 aromatic heterocycles. The predicted octanol–water partition coefficient (Wildman–Crippen LogP) is 0.717. The molecule has 136 valence electrons. The van der Waals surface area contributed by atoms with E-state index in [1.807, 2.05) is 12.1 Å². The van der Waals surface area contributed by atoms with Crippen LogP contribution >= 0.6 is 0 Å². The summed E-state index contributed by atoms with van der Waals surface area (Å²) in [5, 5.41) is 3.00. The number of hydrogen-bond donors (Lipinski definition) is 3. The van der Waals surface area contributed by atoms with Gasteiger partial charge in [0, 0.05) is 12.5 Å². The van der Waals surface area contributed by atoms with E-state index in [0.717, 1.165) is 25.7 Å². The highest BCUT2D eigenvalue weighted by atomic mass is 16.2. The molecule has 1 aromatic carbocycles. The van der Waals surface area contributed by atoms with Crippen molar-refractivity contribution < 1.29 is 4.79 Å². The SMILES string of the molecule is CC(=O)NC(c1ccccc1)=c1[nH]c(=O)c(=CC2CCCCC2)[nH]c1=O. The highest BCUT2D eigenvalue weighted by Gasteiger charge is 2.12. The lowest BCUT2D eigenvalue weighted by molar-refractivity contribution is -0.117. The van der Waals surface area contributed by atoms with Gasteiger partial charge >= 0.3 is 0 Å². The van der Waals surface area contributed by atoms with Crippen LogP contribution in [0.2, 0.25) is 0 Å². The molecular weight excluding hydrogens is 330 g/mol. The number of H-pyrrole nitrogens is 2. The van der Waals surface area contributed by atoms with Crippen LogP contribution in [0.5, 0.6) is 0 Å². The molecule has 0 saturated heterocycles. The first-order chi connectivity index (χ1) is 12.5. The number of nitrogens with one attached hydrogen (secondary N) is 3. The summed E-state index contributed by atoms with van der Waals surface area (Å²) in [5.74, 6) is 0.00112. The number of hydrogen-bond acceptors (Lipinski definition) is 3. The van der Waals surface area contributed by atoms with Crippen LogP contribution in [0.1, 0.15) is 44.6 Å². The molecule has 0 radical (unpaired) electrons. The standard InChI is InChI=1S/C20H23N3O3/c1-13(24)21-17(15-10-6-3-7-11-15)18-20(26)22-16(19(25)23-18)12-14-8-4-2-5-9-14/h3,6-7,10-12,14H,2,4-5,8-9H2,1H3,(H,21,24)(H,22,26)(H,23,25). The number of aromatic amines is 2. The summed E-state index contributed by atoms with van der Waals surface area (Å²) in [6.45, 7) is 1.36. The van der Waals surface area contributed by atoms with Crippen molar-refractivity contribution in [1.82, 2.24) is 15.3 Å². The first-order valence-electron chi connectivity index (χ1n) is 8.96. The third kappa shape index (κ3) is 4.20. The molecular formula is C20H23N3O3. The summed E-state index contributed by atoms with van der Waals surface area (Å²) >= 11 is 0. The average molecular weight is 353 g/mol. The van der Waals surface area contributed by atoms with Crippen molar-refractivity contribution in [2.45, 2.75) is 39.0 Å². The molecule has 1 heterocycles. The molecule has 1 amide bonds. The Morgan fingerprint density at radius 2 is 1.73 bits per heavy atom. The van der Waals surface area contributed by atoms with E-state index in [0.29, 0.717) is 22.5 Å². The van der Waals surface area contributed by atoms with E-state index >= 15 is 0 Å². The number of amides is 1. The van der Waals surface area contributed by atoms with Crippen molar-refractivity contribution in [2.24, 2.45) is 5.92 Å². The first kappa shape index (κ1) is 17.9. The van der Waals surface area contributed by atoms with Gasteiger partial charge in [-0.05, 0) is 18.8 Å². The molecule has 1 aliphatic rings. The van der Waals surface area contributed by atoms with Crippen molar-refractivity contribution in [3.05, 3.63) is 67.3 Å². The Kier molecular flexibility index (Phi) is 5.51. The molecule has 0 spiro atoms. The lowest BCUT2D eigenvalue weighted by Gasteiger charge is -2.17. The highest BCUT2D eigenvalue weighted by Crippen LogP contribution is 2.24. The van der Waals surface area contributed by atoms with Gasteiger partial charge in [0.2, 0.25) is 5.91 Å².